The lowest BCUT2D eigenvalue weighted by Crippen LogP contribution is -2.59. The first kappa shape index (κ1) is 18.0. The lowest BCUT2D eigenvalue weighted by molar-refractivity contribution is -0.148. The van der Waals surface area contributed by atoms with Gasteiger partial charge in [-0.05, 0) is 36.0 Å². The summed E-state index contributed by atoms with van der Waals surface area (Å²) >= 11 is 6.08. The van der Waals surface area contributed by atoms with E-state index in [1.165, 1.54) is 7.11 Å². The number of nitrogens with zero attached hydrogens (tertiary/aromatic N) is 1. The monoisotopic (exact) mass is 365 g/mol. The molecule has 1 heterocycles. The number of hydrogen-bond donors (Lipinski definition) is 2. The third-order valence-electron chi connectivity index (χ3n) is 5.62. The standard InChI is InChI=1S/C18H24ClN3O3/c1-17(2)9-18(16(20)24)10-22(7-14(17)18)8-15(23)21-11-4-5-13(25-3)12(19)6-11/h4-6,14H,7-10H2,1-3H3,(H2,20,24)(H,21,23)/t14-,18+/m1/s1. The van der Waals surface area contributed by atoms with Crippen molar-refractivity contribution < 1.29 is 14.3 Å². The van der Waals surface area contributed by atoms with Crippen molar-refractivity contribution in [2.45, 2.75) is 20.3 Å². The molecule has 2 atom stereocenters. The van der Waals surface area contributed by atoms with Crippen LogP contribution in [0.15, 0.2) is 18.2 Å². The molecule has 25 heavy (non-hydrogen) atoms. The molecule has 1 aromatic rings. The van der Waals surface area contributed by atoms with Crippen molar-refractivity contribution in [2.75, 3.05) is 32.1 Å². The Morgan fingerprint density at radius 2 is 2.16 bits per heavy atom. The van der Waals surface area contributed by atoms with Crippen molar-refractivity contribution in [3.05, 3.63) is 23.2 Å². The first-order valence-electron chi connectivity index (χ1n) is 8.33. The zero-order valence-corrected chi connectivity index (χ0v) is 15.5. The van der Waals surface area contributed by atoms with Gasteiger partial charge in [-0.15, -0.1) is 0 Å². The number of methoxy groups -OCH3 is 1. The highest BCUT2D eigenvalue weighted by Crippen LogP contribution is 2.62. The van der Waals surface area contributed by atoms with Crippen LogP contribution in [0.1, 0.15) is 20.3 Å². The van der Waals surface area contributed by atoms with E-state index < -0.39 is 5.41 Å². The Morgan fingerprint density at radius 1 is 1.44 bits per heavy atom. The summed E-state index contributed by atoms with van der Waals surface area (Å²) in [6.45, 7) is 5.80. The van der Waals surface area contributed by atoms with Crippen LogP contribution in [-0.2, 0) is 9.59 Å². The summed E-state index contributed by atoms with van der Waals surface area (Å²) in [4.78, 5) is 26.3. The van der Waals surface area contributed by atoms with Crippen LogP contribution in [-0.4, -0.2) is 43.5 Å². The molecule has 1 aliphatic heterocycles. The molecule has 0 aromatic heterocycles. The van der Waals surface area contributed by atoms with Gasteiger partial charge in [0, 0.05) is 18.8 Å². The van der Waals surface area contributed by atoms with Gasteiger partial charge < -0.3 is 15.8 Å². The average Bonchev–Trinajstić information content (AvgIpc) is 2.82. The molecule has 2 aliphatic rings. The molecule has 1 saturated carbocycles. The highest BCUT2D eigenvalue weighted by molar-refractivity contribution is 6.32. The number of hydrogen-bond acceptors (Lipinski definition) is 4. The van der Waals surface area contributed by atoms with E-state index in [-0.39, 0.29) is 29.7 Å². The number of nitrogens with two attached hydrogens (primary N) is 1. The normalized spacial score (nSPS) is 27.3. The second-order valence-corrected chi connectivity index (χ2v) is 8.21. The van der Waals surface area contributed by atoms with Crippen molar-refractivity contribution in [1.29, 1.82) is 0 Å². The number of anilines is 1. The summed E-state index contributed by atoms with van der Waals surface area (Å²) in [5, 5.41) is 3.28. The number of primary amides is 1. The van der Waals surface area contributed by atoms with Gasteiger partial charge in [0.1, 0.15) is 5.75 Å². The van der Waals surface area contributed by atoms with E-state index >= 15 is 0 Å². The Bertz CT molecular complexity index is 722. The summed E-state index contributed by atoms with van der Waals surface area (Å²) < 4.78 is 5.10. The zero-order valence-electron chi connectivity index (χ0n) is 14.8. The topological polar surface area (TPSA) is 84.7 Å². The average molecular weight is 366 g/mol. The number of carbonyl (C=O) groups excluding carboxylic acids is 2. The first-order valence-corrected chi connectivity index (χ1v) is 8.71. The van der Waals surface area contributed by atoms with Crippen LogP contribution in [0.25, 0.3) is 0 Å². The number of halogens is 1. The summed E-state index contributed by atoms with van der Waals surface area (Å²) in [6, 6.07) is 5.10. The number of benzene rings is 1. The van der Waals surface area contributed by atoms with Crippen molar-refractivity contribution in [3.8, 4) is 5.75 Å². The molecule has 2 amide bonds. The predicted molar refractivity (Wildman–Crippen MR) is 96.6 cm³/mol. The summed E-state index contributed by atoms with van der Waals surface area (Å²) in [5.41, 5.74) is 5.88. The van der Waals surface area contributed by atoms with Gasteiger partial charge in [0.05, 0.1) is 24.1 Å². The maximum Gasteiger partial charge on any atom is 0.238 e. The molecule has 7 heteroatoms. The van der Waals surface area contributed by atoms with Gasteiger partial charge in [0.2, 0.25) is 11.8 Å². The number of likely N-dealkylation sites (tertiary alicyclic amines) is 1. The minimum absolute atomic E-state index is 0.0871. The van der Waals surface area contributed by atoms with E-state index in [4.69, 9.17) is 22.1 Å². The van der Waals surface area contributed by atoms with Crippen molar-refractivity contribution in [3.63, 3.8) is 0 Å². The SMILES string of the molecule is COc1ccc(NC(=O)CN2C[C@@H]3C(C)(C)C[C@]3(C(N)=O)C2)cc1Cl. The Balaban J connectivity index is 1.63. The van der Waals surface area contributed by atoms with Crippen LogP contribution in [0, 0.1) is 16.7 Å². The van der Waals surface area contributed by atoms with E-state index in [2.05, 4.69) is 19.2 Å². The van der Waals surface area contributed by atoms with Crippen LogP contribution >= 0.6 is 11.6 Å². The van der Waals surface area contributed by atoms with Gasteiger partial charge in [-0.25, -0.2) is 0 Å². The predicted octanol–water partition coefficient (Wildman–Crippen LogP) is 2.12. The van der Waals surface area contributed by atoms with Crippen molar-refractivity contribution in [1.82, 2.24) is 4.90 Å². The molecule has 2 fully saturated rings. The molecule has 1 aromatic carbocycles. The largest absolute Gasteiger partial charge is 0.495 e. The van der Waals surface area contributed by atoms with Gasteiger partial charge in [-0.1, -0.05) is 25.4 Å². The van der Waals surface area contributed by atoms with Crippen molar-refractivity contribution in [2.24, 2.45) is 22.5 Å². The second-order valence-electron chi connectivity index (χ2n) is 7.81. The van der Waals surface area contributed by atoms with E-state index in [1.807, 2.05) is 4.90 Å². The molecule has 1 aliphatic carbocycles. The molecule has 3 rings (SSSR count). The van der Waals surface area contributed by atoms with Crippen LogP contribution in [0.2, 0.25) is 5.02 Å². The first-order chi connectivity index (χ1) is 11.7. The Labute approximate surface area is 152 Å². The number of ether oxygens (including phenoxy) is 1. The number of amides is 2. The molecular weight excluding hydrogens is 342 g/mol. The molecule has 0 radical (unpaired) electrons. The number of carbonyl (C=O) groups is 2. The minimum Gasteiger partial charge on any atom is -0.495 e. The smallest absolute Gasteiger partial charge is 0.238 e. The maximum atomic E-state index is 12.4. The summed E-state index contributed by atoms with van der Waals surface area (Å²) in [5.74, 6) is 0.378. The highest BCUT2D eigenvalue weighted by Gasteiger charge is 2.65. The fourth-order valence-electron chi connectivity index (χ4n) is 4.59. The van der Waals surface area contributed by atoms with Gasteiger partial charge in [0.15, 0.2) is 0 Å². The lowest BCUT2D eigenvalue weighted by Gasteiger charge is -2.54. The molecule has 136 valence electrons. The molecule has 0 spiro atoms. The van der Waals surface area contributed by atoms with E-state index in [0.29, 0.717) is 29.5 Å². The van der Waals surface area contributed by atoms with Gasteiger partial charge in [0.25, 0.3) is 0 Å². The Morgan fingerprint density at radius 3 is 2.68 bits per heavy atom. The molecular formula is C18H24ClN3O3. The minimum atomic E-state index is -0.479. The Kier molecular flexibility index (Phi) is 4.45. The van der Waals surface area contributed by atoms with Gasteiger partial charge in [-0.3, -0.25) is 14.5 Å². The molecule has 0 bridgehead atoms. The second kappa shape index (κ2) is 6.18. The van der Waals surface area contributed by atoms with Crippen LogP contribution in [0.3, 0.4) is 0 Å². The quantitative estimate of drug-likeness (QED) is 0.837. The van der Waals surface area contributed by atoms with Crippen LogP contribution < -0.4 is 15.8 Å². The number of fused-ring (bicyclic) bond motifs is 1. The third kappa shape index (κ3) is 3.09. The third-order valence-corrected chi connectivity index (χ3v) is 5.92. The molecule has 3 N–H and O–H groups in total. The van der Waals surface area contributed by atoms with Crippen LogP contribution in [0.5, 0.6) is 5.75 Å². The van der Waals surface area contributed by atoms with E-state index in [0.717, 1.165) is 6.42 Å². The number of rotatable bonds is 5. The number of nitrogens with one attached hydrogen (secondary N) is 1. The fraction of sp³-hybridized carbons (Fsp3) is 0.556. The van der Waals surface area contributed by atoms with E-state index in [9.17, 15) is 9.59 Å². The highest BCUT2D eigenvalue weighted by atomic mass is 35.5. The molecule has 6 nitrogen and oxygen atoms in total. The maximum absolute atomic E-state index is 12.4. The van der Waals surface area contributed by atoms with Crippen LogP contribution in [0.4, 0.5) is 5.69 Å². The molecule has 1 saturated heterocycles. The Hall–Kier alpha value is -1.79. The van der Waals surface area contributed by atoms with Crippen molar-refractivity contribution >= 4 is 29.1 Å². The summed E-state index contributed by atoms with van der Waals surface area (Å²) in [6.07, 6.45) is 0.784. The zero-order chi connectivity index (χ0) is 18.4. The fourth-order valence-corrected chi connectivity index (χ4v) is 4.85. The van der Waals surface area contributed by atoms with Gasteiger partial charge >= 0.3 is 0 Å². The van der Waals surface area contributed by atoms with E-state index in [1.54, 1.807) is 18.2 Å². The molecule has 0 unspecified atom stereocenters. The summed E-state index contributed by atoms with van der Waals surface area (Å²) in [7, 11) is 1.54. The van der Waals surface area contributed by atoms with Gasteiger partial charge in [-0.2, -0.15) is 0 Å². The lowest BCUT2D eigenvalue weighted by atomic mass is 9.48.